The van der Waals surface area contributed by atoms with Crippen LogP contribution in [-0.2, 0) is 24.2 Å². The molecule has 0 radical (unpaired) electrons. The number of aryl methyl sites for hydroxylation is 2. The van der Waals surface area contributed by atoms with Crippen LogP contribution in [0.15, 0.2) is 64.1 Å². The Balaban J connectivity index is 1.42. The van der Waals surface area contributed by atoms with Crippen molar-refractivity contribution < 1.29 is 18.7 Å². The van der Waals surface area contributed by atoms with Gasteiger partial charge in [0, 0.05) is 17.1 Å². The van der Waals surface area contributed by atoms with E-state index in [0.717, 1.165) is 41.0 Å². The molecule has 4 aromatic rings. The average molecular weight is 476 g/mol. The molecule has 0 unspecified atom stereocenters. The first-order chi connectivity index (χ1) is 16.5. The number of hydrogen-bond donors (Lipinski definition) is 1. The van der Waals surface area contributed by atoms with Crippen LogP contribution < -0.4 is 10.7 Å². The van der Waals surface area contributed by atoms with E-state index in [4.69, 9.17) is 9.15 Å². The van der Waals surface area contributed by atoms with Crippen LogP contribution in [0.4, 0.5) is 5.00 Å². The number of benzene rings is 1. The van der Waals surface area contributed by atoms with Crippen molar-refractivity contribution in [3.8, 4) is 5.69 Å². The number of thiophene rings is 1. The van der Waals surface area contributed by atoms with Gasteiger partial charge in [0.15, 0.2) is 5.69 Å². The number of amides is 1. The van der Waals surface area contributed by atoms with Gasteiger partial charge in [-0.15, -0.1) is 11.3 Å². The van der Waals surface area contributed by atoms with E-state index >= 15 is 0 Å². The summed E-state index contributed by atoms with van der Waals surface area (Å²) in [5.74, 6) is -0.688. The molecule has 3 aromatic heterocycles. The van der Waals surface area contributed by atoms with Crippen LogP contribution in [0.2, 0.25) is 0 Å². The smallest absolute Gasteiger partial charge is 0.341 e. The number of nitrogens with one attached hydrogen (secondary N) is 1. The number of nitrogens with zero attached hydrogens (tertiary/aromatic N) is 2. The molecular formula is C25H21N3O5S. The number of ether oxygens (including phenoxy) is 1. The molecule has 0 atom stereocenters. The summed E-state index contributed by atoms with van der Waals surface area (Å²) in [6.45, 7) is 1.94. The highest BCUT2D eigenvalue weighted by molar-refractivity contribution is 7.17. The van der Waals surface area contributed by atoms with Crippen molar-refractivity contribution in [1.29, 1.82) is 0 Å². The van der Waals surface area contributed by atoms with Gasteiger partial charge in [0.05, 0.1) is 17.5 Å². The van der Waals surface area contributed by atoms with Crippen molar-refractivity contribution in [1.82, 2.24) is 9.78 Å². The highest BCUT2D eigenvalue weighted by Crippen LogP contribution is 2.39. The molecule has 9 heteroatoms. The van der Waals surface area contributed by atoms with E-state index in [1.807, 2.05) is 31.2 Å². The normalized spacial score (nSPS) is 12.4. The third-order valence-electron chi connectivity index (χ3n) is 5.57. The molecule has 1 aromatic carbocycles. The van der Waals surface area contributed by atoms with Crippen molar-refractivity contribution in [3.05, 3.63) is 98.2 Å². The Morgan fingerprint density at radius 1 is 1.21 bits per heavy atom. The molecule has 1 N–H and O–H groups in total. The fourth-order valence-corrected chi connectivity index (χ4v) is 5.23. The van der Waals surface area contributed by atoms with Gasteiger partial charge in [-0.25, -0.2) is 9.48 Å². The monoisotopic (exact) mass is 475 g/mol. The quantitative estimate of drug-likeness (QED) is 0.417. The molecule has 1 amide bonds. The summed E-state index contributed by atoms with van der Waals surface area (Å²) in [7, 11) is 0. The Kier molecular flexibility index (Phi) is 5.85. The first kappa shape index (κ1) is 21.8. The molecule has 0 bridgehead atoms. The molecule has 0 saturated heterocycles. The van der Waals surface area contributed by atoms with Crippen LogP contribution in [0, 0.1) is 6.92 Å². The summed E-state index contributed by atoms with van der Waals surface area (Å²) >= 11 is 1.34. The largest absolute Gasteiger partial charge is 0.466 e. The molecular weight excluding hydrogens is 454 g/mol. The van der Waals surface area contributed by atoms with Gasteiger partial charge in [-0.05, 0) is 61.6 Å². The van der Waals surface area contributed by atoms with Gasteiger partial charge in [-0.1, -0.05) is 12.1 Å². The number of hydrogen-bond acceptors (Lipinski definition) is 7. The summed E-state index contributed by atoms with van der Waals surface area (Å²) in [6.07, 6.45) is 5.53. The molecule has 8 nitrogen and oxygen atoms in total. The molecule has 1 aliphatic rings. The van der Waals surface area contributed by atoms with E-state index < -0.39 is 17.3 Å². The van der Waals surface area contributed by atoms with Crippen LogP contribution in [0.3, 0.4) is 0 Å². The minimum Gasteiger partial charge on any atom is -0.466 e. The van der Waals surface area contributed by atoms with Crippen molar-refractivity contribution >= 4 is 28.2 Å². The van der Waals surface area contributed by atoms with Gasteiger partial charge in [0.2, 0.25) is 5.43 Å². The van der Waals surface area contributed by atoms with E-state index in [1.54, 1.807) is 12.1 Å². The Morgan fingerprint density at radius 2 is 2.09 bits per heavy atom. The molecule has 172 valence electrons. The summed E-state index contributed by atoms with van der Waals surface area (Å²) in [5, 5.41) is 7.36. The lowest BCUT2D eigenvalue weighted by atomic mass is 10.1. The topological polar surface area (TPSA) is 103 Å². The second-order valence-corrected chi connectivity index (χ2v) is 9.09. The van der Waals surface area contributed by atoms with E-state index in [-0.39, 0.29) is 12.3 Å². The fourth-order valence-electron chi connectivity index (χ4n) is 3.95. The third-order valence-corrected chi connectivity index (χ3v) is 6.77. The lowest BCUT2D eigenvalue weighted by molar-refractivity contribution is 0.0446. The van der Waals surface area contributed by atoms with E-state index in [9.17, 15) is 14.4 Å². The molecule has 34 heavy (non-hydrogen) atoms. The van der Waals surface area contributed by atoms with Crippen molar-refractivity contribution in [3.63, 3.8) is 0 Å². The molecule has 5 rings (SSSR count). The zero-order valence-electron chi connectivity index (χ0n) is 18.4. The number of rotatable bonds is 6. The third kappa shape index (κ3) is 4.29. The SMILES string of the molecule is Cc1cccc(-n2ccc(=O)c(C(=O)Nc3sc4c(c3C(=O)OCc3ccco3)CCC4)n2)c1. The number of fused-ring (bicyclic) bond motifs is 1. The summed E-state index contributed by atoms with van der Waals surface area (Å²) in [5.41, 5.74) is 2.22. The predicted octanol–water partition coefficient (Wildman–Crippen LogP) is 4.29. The lowest BCUT2D eigenvalue weighted by Gasteiger charge is -2.10. The van der Waals surface area contributed by atoms with Crippen molar-refractivity contribution in [2.75, 3.05) is 5.32 Å². The number of carbonyl (C=O) groups excluding carboxylic acids is 2. The molecule has 0 fully saturated rings. The zero-order valence-corrected chi connectivity index (χ0v) is 19.2. The standard InChI is InChI=1S/C25H21N3O5S/c1-15-5-2-6-16(13-15)28-11-10-19(29)22(27-28)23(30)26-24-21(18-8-3-9-20(18)34-24)25(31)33-14-17-7-4-12-32-17/h2,4-7,10-13H,3,8-9,14H2,1H3,(H,26,30). The molecule has 3 heterocycles. The maximum atomic E-state index is 13.1. The molecule has 1 aliphatic carbocycles. The van der Waals surface area contributed by atoms with Crippen molar-refractivity contribution in [2.45, 2.75) is 32.8 Å². The maximum absolute atomic E-state index is 13.1. The molecule has 0 saturated carbocycles. The van der Waals surface area contributed by atoms with Crippen LogP contribution in [0.5, 0.6) is 0 Å². The van der Waals surface area contributed by atoms with Crippen LogP contribution in [-0.4, -0.2) is 21.7 Å². The fraction of sp³-hybridized carbons (Fsp3) is 0.200. The summed E-state index contributed by atoms with van der Waals surface area (Å²) in [4.78, 5) is 39.5. The van der Waals surface area contributed by atoms with Crippen LogP contribution >= 0.6 is 11.3 Å². The van der Waals surface area contributed by atoms with Gasteiger partial charge in [-0.2, -0.15) is 5.10 Å². The van der Waals surface area contributed by atoms with Crippen molar-refractivity contribution in [2.24, 2.45) is 0 Å². The Hall–Kier alpha value is -3.98. The molecule has 0 spiro atoms. The zero-order chi connectivity index (χ0) is 23.7. The number of furan rings is 1. The number of aromatic nitrogens is 2. The number of esters is 1. The minimum absolute atomic E-state index is 0.00865. The number of anilines is 1. The number of carbonyl (C=O) groups is 2. The lowest BCUT2D eigenvalue weighted by Crippen LogP contribution is -2.26. The summed E-state index contributed by atoms with van der Waals surface area (Å²) < 4.78 is 12.1. The minimum atomic E-state index is -0.674. The highest BCUT2D eigenvalue weighted by Gasteiger charge is 2.29. The van der Waals surface area contributed by atoms with Crippen LogP contribution in [0.25, 0.3) is 5.69 Å². The molecule has 0 aliphatic heterocycles. The first-order valence-electron chi connectivity index (χ1n) is 10.8. The van der Waals surface area contributed by atoms with Crippen LogP contribution in [0.1, 0.15) is 49.0 Å². The van der Waals surface area contributed by atoms with Gasteiger partial charge in [0.1, 0.15) is 17.4 Å². The Bertz CT molecular complexity index is 1440. The first-order valence-corrected chi connectivity index (χ1v) is 11.6. The van der Waals surface area contributed by atoms with Gasteiger partial charge in [-0.3, -0.25) is 9.59 Å². The highest BCUT2D eigenvalue weighted by atomic mass is 32.1. The van der Waals surface area contributed by atoms with E-state index in [0.29, 0.717) is 16.3 Å². The van der Waals surface area contributed by atoms with E-state index in [1.165, 1.54) is 34.5 Å². The van der Waals surface area contributed by atoms with Gasteiger partial charge >= 0.3 is 5.97 Å². The summed E-state index contributed by atoms with van der Waals surface area (Å²) in [6, 6.07) is 12.3. The Morgan fingerprint density at radius 3 is 2.88 bits per heavy atom. The predicted molar refractivity (Wildman–Crippen MR) is 127 cm³/mol. The average Bonchev–Trinajstić information content (AvgIpc) is 3.56. The Labute approximate surface area is 198 Å². The van der Waals surface area contributed by atoms with Gasteiger partial charge < -0.3 is 14.5 Å². The maximum Gasteiger partial charge on any atom is 0.341 e. The second-order valence-electron chi connectivity index (χ2n) is 7.98. The van der Waals surface area contributed by atoms with Gasteiger partial charge in [0.25, 0.3) is 5.91 Å². The van der Waals surface area contributed by atoms with E-state index in [2.05, 4.69) is 10.4 Å². The second kappa shape index (κ2) is 9.11.